The van der Waals surface area contributed by atoms with Crippen molar-refractivity contribution in [2.24, 2.45) is 0 Å². The maximum Gasteiger partial charge on any atom is 0.253 e. The van der Waals surface area contributed by atoms with Crippen molar-refractivity contribution in [1.29, 1.82) is 0 Å². The predicted molar refractivity (Wildman–Crippen MR) is 63.9 cm³/mol. The van der Waals surface area contributed by atoms with Crippen LogP contribution in [0.4, 0.5) is 0 Å². The quantitative estimate of drug-likeness (QED) is 0.787. The molecule has 0 spiro atoms. The number of aromatic nitrogens is 1. The Balaban J connectivity index is 2.80. The fourth-order valence-electron chi connectivity index (χ4n) is 1.11. The highest BCUT2D eigenvalue weighted by atomic mass is 35.5. The molecule has 1 amide bonds. The first-order valence-corrected chi connectivity index (χ1v) is 5.61. The van der Waals surface area contributed by atoms with Crippen LogP contribution in [0.5, 0.6) is 0 Å². The molecule has 1 aromatic heterocycles. The van der Waals surface area contributed by atoms with Crippen LogP contribution in [0.2, 0.25) is 0 Å². The van der Waals surface area contributed by atoms with Gasteiger partial charge in [0.25, 0.3) is 5.91 Å². The number of rotatable bonds is 4. The van der Waals surface area contributed by atoms with E-state index in [2.05, 4.69) is 10.3 Å². The second kappa shape index (κ2) is 5.16. The average Bonchev–Trinajstić information content (AvgIpc) is 2.29. The molecule has 16 heavy (non-hydrogen) atoms. The summed E-state index contributed by atoms with van der Waals surface area (Å²) < 4.78 is 0. The van der Waals surface area contributed by atoms with Crippen molar-refractivity contribution in [3.8, 4) is 0 Å². The van der Waals surface area contributed by atoms with Crippen LogP contribution in [0, 0.1) is 0 Å². The maximum absolute atomic E-state index is 11.8. The lowest BCUT2D eigenvalue weighted by molar-refractivity contribution is 0.0912. The molecule has 0 bridgehead atoms. The summed E-state index contributed by atoms with van der Waals surface area (Å²) in [5.74, 6) is 0.111. The molecule has 0 radical (unpaired) electrons. The summed E-state index contributed by atoms with van der Waals surface area (Å²) in [4.78, 5) is 25.1. The Morgan fingerprint density at radius 2 is 2.25 bits per heavy atom. The summed E-state index contributed by atoms with van der Waals surface area (Å²) in [6, 6.07) is 2.80. The predicted octanol–water partition coefficient (Wildman–Crippen LogP) is 1.51. The molecule has 1 unspecified atom stereocenters. The number of carbonyl (C=O) groups excluding carboxylic acids is 1. The minimum Gasteiger partial charge on any atom is -0.346 e. The van der Waals surface area contributed by atoms with Gasteiger partial charge in [-0.3, -0.25) is 9.59 Å². The number of amides is 1. The van der Waals surface area contributed by atoms with Crippen LogP contribution in [0.25, 0.3) is 0 Å². The summed E-state index contributed by atoms with van der Waals surface area (Å²) in [5.41, 5.74) is -0.231. The normalized spacial score (nSPS) is 14.2. The SMILES string of the molecule is CCC(C)(CCl)NC(=O)c1ccc(=O)[nH]c1. The van der Waals surface area contributed by atoms with Crippen molar-refractivity contribution in [1.82, 2.24) is 10.3 Å². The van der Waals surface area contributed by atoms with E-state index in [-0.39, 0.29) is 11.5 Å². The summed E-state index contributed by atoms with van der Waals surface area (Å²) in [6.45, 7) is 3.83. The third-order valence-electron chi connectivity index (χ3n) is 2.54. The second-order valence-electron chi connectivity index (χ2n) is 3.94. The highest BCUT2D eigenvalue weighted by Crippen LogP contribution is 2.12. The van der Waals surface area contributed by atoms with Crippen molar-refractivity contribution in [2.75, 3.05) is 5.88 Å². The van der Waals surface area contributed by atoms with Gasteiger partial charge in [-0.15, -0.1) is 11.6 Å². The minimum absolute atomic E-state index is 0.229. The van der Waals surface area contributed by atoms with Gasteiger partial charge in [0.05, 0.1) is 11.1 Å². The molecule has 0 aliphatic heterocycles. The molecule has 1 rings (SSSR count). The lowest BCUT2D eigenvalue weighted by Crippen LogP contribution is -2.47. The lowest BCUT2D eigenvalue weighted by Gasteiger charge is -2.26. The van der Waals surface area contributed by atoms with Gasteiger partial charge >= 0.3 is 0 Å². The summed E-state index contributed by atoms with van der Waals surface area (Å²) in [7, 11) is 0. The summed E-state index contributed by atoms with van der Waals surface area (Å²) in [5, 5.41) is 2.84. The Morgan fingerprint density at radius 3 is 2.69 bits per heavy atom. The monoisotopic (exact) mass is 242 g/mol. The third-order valence-corrected chi connectivity index (χ3v) is 3.13. The zero-order valence-electron chi connectivity index (χ0n) is 9.34. The van der Waals surface area contributed by atoms with Crippen LogP contribution >= 0.6 is 11.6 Å². The summed E-state index contributed by atoms with van der Waals surface area (Å²) >= 11 is 5.79. The molecule has 0 aliphatic carbocycles. The van der Waals surface area contributed by atoms with Gasteiger partial charge in [0.15, 0.2) is 0 Å². The van der Waals surface area contributed by atoms with Gasteiger partial charge in [-0.25, -0.2) is 0 Å². The van der Waals surface area contributed by atoms with Gasteiger partial charge in [0.1, 0.15) is 0 Å². The molecular formula is C11H15ClN2O2. The molecule has 0 fully saturated rings. The van der Waals surface area contributed by atoms with Gasteiger partial charge in [-0.1, -0.05) is 6.92 Å². The standard InChI is InChI=1S/C11H15ClN2O2/c1-3-11(2,7-12)14-10(16)8-4-5-9(15)13-6-8/h4-6H,3,7H2,1-2H3,(H,13,15)(H,14,16). The smallest absolute Gasteiger partial charge is 0.253 e. The third kappa shape index (κ3) is 3.10. The van der Waals surface area contributed by atoms with Gasteiger partial charge in [0.2, 0.25) is 5.56 Å². The van der Waals surface area contributed by atoms with Crippen molar-refractivity contribution < 1.29 is 4.79 Å². The van der Waals surface area contributed by atoms with Crippen molar-refractivity contribution in [3.05, 3.63) is 34.2 Å². The molecule has 88 valence electrons. The number of hydrogen-bond acceptors (Lipinski definition) is 2. The Labute approximate surface area is 99.0 Å². The Morgan fingerprint density at radius 1 is 1.56 bits per heavy atom. The molecule has 0 aromatic carbocycles. The Kier molecular flexibility index (Phi) is 4.12. The summed E-state index contributed by atoms with van der Waals surface area (Å²) in [6.07, 6.45) is 2.13. The molecule has 1 heterocycles. The van der Waals surface area contributed by atoms with Crippen molar-refractivity contribution >= 4 is 17.5 Å². The van der Waals surface area contributed by atoms with E-state index in [1.54, 1.807) is 0 Å². The Bertz CT molecular complexity index is 404. The highest BCUT2D eigenvalue weighted by Gasteiger charge is 2.23. The first-order chi connectivity index (χ1) is 7.50. The van der Waals surface area contributed by atoms with Crippen LogP contribution in [0.15, 0.2) is 23.1 Å². The van der Waals surface area contributed by atoms with E-state index in [1.165, 1.54) is 18.3 Å². The molecule has 5 heteroatoms. The molecule has 0 aliphatic rings. The number of aromatic amines is 1. The van der Waals surface area contributed by atoms with E-state index < -0.39 is 5.54 Å². The van der Waals surface area contributed by atoms with Gasteiger partial charge < -0.3 is 10.3 Å². The lowest BCUT2D eigenvalue weighted by atomic mass is 10.0. The molecular weight excluding hydrogens is 228 g/mol. The first kappa shape index (κ1) is 12.8. The highest BCUT2D eigenvalue weighted by molar-refractivity contribution is 6.18. The van der Waals surface area contributed by atoms with E-state index in [4.69, 9.17) is 11.6 Å². The number of alkyl halides is 1. The molecule has 1 aromatic rings. The number of hydrogen-bond donors (Lipinski definition) is 2. The van der Waals surface area contributed by atoms with E-state index in [9.17, 15) is 9.59 Å². The average molecular weight is 243 g/mol. The van der Waals surface area contributed by atoms with Crippen LogP contribution in [0.3, 0.4) is 0 Å². The van der Waals surface area contributed by atoms with Crippen LogP contribution < -0.4 is 10.9 Å². The number of carbonyl (C=O) groups is 1. The van der Waals surface area contributed by atoms with Gasteiger partial charge in [0, 0.05) is 18.1 Å². The molecule has 0 saturated carbocycles. The van der Waals surface area contributed by atoms with E-state index in [0.717, 1.165) is 6.42 Å². The minimum atomic E-state index is -0.422. The zero-order chi connectivity index (χ0) is 12.2. The first-order valence-electron chi connectivity index (χ1n) is 5.08. The van der Waals surface area contributed by atoms with Crippen LogP contribution in [0.1, 0.15) is 30.6 Å². The number of H-pyrrole nitrogens is 1. The van der Waals surface area contributed by atoms with Crippen LogP contribution in [-0.2, 0) is 0 Å². The van der Waals surface area contributed by atoms with E-state index in [1.807, 2.05) is 13.8 Å². The van der Waals surface area contributed by atoms with Crippen LogP contribution in [-0.4, -0.2) is 22.3 Å². The fourth-order valence-corrected chi connectivity index (χ4v) is 1.37. The van der Waals surface area contributed by atoms with Gasteiger partial charge in [-0.05, 0) is 19.4 Å². The fraction of sp³-hybridized carbons (Fsp3) is 0.455. The largest absolute Gasteiger partial charge is 0.346 e. The molecule has 0 saturated heterocycles. The van der Waals surface area contributed by atoms with E-state index >= 15 is 0 Å². The van der Waals surface area contributed by atoms with Crippen molar-refractivity contribution in [3.63, 3.8) is 0 Å². The number of halogens is 1. The van der Waals surface area contributed by atoms with Crippen molar-refractivity contribution in [2.45, 2.75) is 25.8 Å². The number of pyridine rings is 1. The number of nitrogens with one attached hydrogen (secondary N) is 2. The molecule has 1 atom stereocenters. The second-order valence-corrected chi connectivity index (χ2v) is 4.21. The zero-order valence-corrected chi connectivity index (χ0v) is 10.1. The molecule has 4 nitrogen and oxygen atoms in total. The topological polar surface area (TPSA) is 62.0 Å². The van der Waals surface area contributed by atoms with Gasteiger partial charge in [-0.2, -0.15) is 0 Å². The maximum atomic E-state index is 11.8. The van der Waals surface area contributed by atoms with E-state index in [0.29, 0.717) is 11.4 Å². The molecule has 2 N–H and O–H groups in total. The Hall–Kier alpha value is -1.29.